The van der Waals surface area contributed by atoms with Gasteiger partial charge < -0.3 is 34.2 Å². The SMILES string of the molecule is Cc1ncsc1-c1ccc([C@H](C)NC(=O)[C@@H]2CCCN2C(=O)C(c2cc(OC[C@@H]3CCC4(COc5nc(N6CCCCCC6)c6cnc7c(c6n5)C(C)c5cccc6cc(O)cc-7c56)CCCN34)no2)C(C)C)cc1. The first kappa shape index (κ1) is 49.2. The van der Waals surface area contributed by atoms with Gasteiger partial charge in [0.2, 0.25) is 11.8 Å². The van der Waals surface area contributed by atoms with Crippen molar-refractivity contribution in [2.75, 3.05) is 44.3 Å². The molecular weight excluding hydrogens is 963 g/mol. The number of ether oxygens (including phenoxy) is 2. The number of thiazole rings is 1. The second kappa shape index (κ2) is 20.1. The lowest BCUT2D eigenvalue weighted by molar-refractivity contribution is -0.141. The molecule has 12 rings (SSSR count). The van der Waals surface area contributed by atoms with Gasteiger partial charge in [0.1, 0.15) is 36.7 Å². The van der Waals surface area contributed by atoms with Crippen molar-refractivity contribution in [3.05, 3.63) is 101 Å². The molecule has 2 amide bonds. The van der Waals surface area contributed by atoms with Crippen molar-refractivity contribution < 1.29 is 28.7 Å². The first-order valence-electron chi connectivity index (χ1n) is 27.3. The van der Waals surface area contributed by atoms with Crippen LogP contribution in [0.3, 0.4) is 0 Å². The number of aromatic hydroxyl groups is 1. The molecule has 2 N–H and O–H groups in total. The molecule has 4 aliphatic heterocycles. The Labute approximate surface area is 442 Å². The molecule has 4 aromatic heterocycles. The number of phenols is 1. The molecule has 6 atom stereocenters. The normalized spacial score (nSPS) is 22.3. The van der Waals surface area contributed by atoms with E-state index in [4.69, 9.17) is 28.9 Å². The molecule has 3 unspecified atom stereocenters. The second-order valence-corrected chi connectivity index (χ2v) is 22.9. The molecule has 0 spiro atoms. The van der Waals surface area contributed by atoms with E-state index in [1.165, 1.54) is 18.4 Å². The van der Waals surface area contributed by atoms with E-state index in [2.05, 4.69) is 62.5 Å². The van der Waals surface area contributed by atoms with Crippen LogP contribution in [0.4, 0.5) is 5.82 Å². The molecule has 8 heterocycles. The van der Waals surface area contributed by atoms with Crippen LogP contribution in [-0.2, 0) is 9.59 Å². The number of carbonyl (C=O) groups is 2. The Morgan fingerprint density at radius 3 is 2.53 bits per heavy atom. The van der Waals surface area contributed by atoms with Crippen molar-refractivity contribution in [3.8, 4) is 39.3 Å². The fourth-order valence-electron chi connectivity index (χ4n) is 13.2. The summed E-state index contributed by atoms with van der Waals surface area (Å²) < 4.78 is 19.2. The van der Waals surface area contributed by atoms with E-state index < -0.39 is 12.0 Å². The van der Waals surface area contributed by atoms with Crippen LogP contribution in [0.2, 0.25) is 0 Å². The quantitative estimate of drug-likeness (QED) is 0.105. The lowest BCUT2D eigenvalue weighted by Gasteiger charge is -2.34. The maximum Gasteiger partial charge on any atom is 0.319 e. The summed E-state index contributed by atoms with van der Waals surface area (Å²) in [6.07, 6.45) is 11.8. The highest BCUT2D eigenvalue weighted by molar-refractivity contribution is 7.13. The third kappa shape index (κ3) is 9.04. The summed E-state index contributed by atoms with van der Waals surface area (Å²) in [6, 6.07) is 19.7. The van der Waals surface area contributed by atoms with Crippen LogP contribution in [0.1, 0.15) is 138 Å². The Morgan fingerprint density at radius 2 is 1.75 bits per heavy atom. The van der Waals surface area contributed by atoms with Crippen LogP contribution < -0.4 is 19.7 Å². The molecule has 390 valence electrons. The Balaban J connectivity index is 0.726. The maximum absolute atomic E-state index is 14.5. The molecule has 16 heteroatoms. The maximum atomic E-state index is 14.5. The smallest absolute Gasteiger partial charge is 0.319 e. The van der Waals surface area contributed by atoms with Gasteiger partial charge in [-0.05, 0) is 122 Å². The third-order valence-electron chi connectivity index (χ3n) is 17.1. The minimum Gasteiger partial charge on any atom is -0.508 e. The largest absolute Gasteiger partial charge is 0.508 e. The fraction of sp³-hybridized carbons (Fsp3) is 0.475. The van der Waals surface area contributed by atoms with Gasteiger partial charge in [-0.2, -0.15) is 9.97 Å². The van der Waals surface area contributed by atoms with Gasteiger partial charge in [-0.3, -0.25) is 19.5 Å². The average Bonchev–Trinajstić information content (AvgIpc) is 4.26. The number of carbonyl (C=O) groups excluding carboxylic acids is 2. The van der Waals surface area contributed by atoms with Crippen LogP contribution in [0.15, 0.2) is 76.9 Å². The predicted octanol–water partition coefficient (Wildman–Crippen LogP) is 10.9. The van der Waals surface area contributed by atoms with E-state index in [1.807, 2.05) is 63.7 Å². The van der Waals surface area contributed by atoms with E-state index in [9.17, 15) is 14.7 Å². The first-order valence-corrected chi connectivity index (χ1v) is 28.1. The van der Waals surface area contributed by atoms with Crippen molar-refractivity contribution in [1.29, 1.82) is 0 Å². The summed E-state index contributed by atoms with van der Waals surface area (Å²) in [6.45, 7) is 14.4. The number of pyridine rings is 1. The van der Waals surface area contributed by atoms with Gasteiger partial charge in [-0.25, -0.2) is 4.98 Å². The predicted molar refractivity (Wildman–Crippen MR) is 290 cm³/mol. The second-order valence-electron chi connectivity index (χ2n) is 22.1. The molecule has 5 aliphatic rings. The first-order chi connectivity index (χ1) is 36.4. The molecule has 0 saturated carbocycles. The molecular formula is C59H67N9O6S. The highest BCUT2D eigenvalue weighted by Crippen LogP contribution is 2.49. The number of benzene rings is 3. The highest BCUT2D eigenvalue weighted by Gasteiger charge is 2.50. The summed E-state index contributed by atoms with van der Waals surface area (Å²) in [4.78, 5) is 56.2. The molecule has 15 nitrogen and oxygen atoms in total. The summed E-state index contributed by atoms with van der Waals surface area (Å²) in [5, 5.41) is 21.4. The van der Waals surface area contributed by atoms with Crippen LogP contribution in [0.25, 0.3) is 43.4 Å². The van der Waals surface area contributed by atoms with Gasteiger partial charge in [-0.1, -0.05) is 76.1 Å². The minimum absolute atomic E-state index is 0.00814. The number of nitrogens with one attached hydrogen (secondary N) is 1. The topological polar surface area (TPSA) is 172 Å². The lowest BCUT2D eigenvalue weighted by Crippen LogP contribution is -2.48. The van der Waals surface area contributed by atoms with E-state index in [1.54, 1.807) is 22.3 Å². The van der Waals surface area contributed by atoms with Crippen LogP contribution in [-0.4, -0.2) is 109 Å². The molecule has 0 bridgehead atoms. The van der Waals surface area contributed by atoms with E-state index in [0.717, 1.165) is 131 Å². The molecule has 4 fully saturated rings. The van der Waals surface area contributed by atoms with Crippen LogP contribution >= 0.6 is 11.3 Å². The molecule has 3 aromatic carbocycles. The fourth-order valence-corrected chi connectivity index (χ4v) is 14.0. The molecule has 7 aromatic rings. The Bertz CT molecular complexity index is 3280. The number of nitrogens with zero attached hydrogens (tertiary/aromatic N) is 8. The number of aromatic nitrogens is 5. The number of aryl methyl sites for hydroxylation is 1. The van der Waals surface area contributed by atoms with Gasteiger partial charge >= 0.3 is 6.01 Å². The van der Waals surface area contributed by atoms with Crippen LogP contribution in [0, 0.1) is 12.8 Å². The molecule has 75 heavy (non-hydrogen) atoms. The number of anilines is 1. The van der Waals surface area contributed by atoms with Gasteiger partial charge in [0.15, 0.2) is 5.76 Å². The Hall–Kier alpha value is -6.65. The van der Waals surface area contributed by atoms with Gasteiger partial charge in [0.25, 0.3) is 5.88 Å². The number of likely N-dealkylation sites (tertiary alicyclic amines) is 1. The van der Waals surface area contributed by atoms with Gasteiger partial charge in [0, 0.05) is 55.0 Å². The van der Waals surface area contributed by atoms with Crippen molar-refractivity contribution in [2.45, 2.75) is 134 Å². The van der Waals surface area contributed by atoms with Crippen molar-refractivity contribution >= 4 is 50.6 Å². The lowest BCUT2D eigenvalue weighted by atomic mass is 9.79. The summed E-state index contributed by atoms with van der Waals surface area (Å²) in [5.74, 6) is 0.870. The molecule has 1 aliphatic carbocycles. The van der Waals surface area contributed by atoms with Gasteiger partial charge in [0.05, 0.1) is 44.3 Å². The minimum atomic E-state index is -0.626. The standard InChI is InChI=1S/C59H67N9O6S/c1-34(2)49(57(71)67-25-11-15-46(67)56(70)62-36(4)38-16-18-39(19-17-38)54-37(5)61-33-75-54)47-29-48(65-74-47)72-31-41-20-22-59(21-12-26-68(41)59)32-73-58-63-53-45(55(64-58)66-23-8-6-7-9-24-66)30-60-52-44-28-42(69)27-40-13-10-14-43(51(40)44)35(3)50(52)53/h10,13-14,16-19,27-30,33-36,41,46,49,69H,6-9,11-12,15,20-26,31-32H2,1-5H3,(H,62,70)/t35?,36-,41-,46-,49?,59?/m0/s1. The number of hydrogen-bond donors (Lipinski definition) is 2. The number of phenolic OH excluding ortho intramolecular Hbond substituents is 1. The van der Waals surface area contributed by atoms with Crippen molar-refractivity contribution in [3.63, 3.8) is 0 Å². The molecule has 4 saturated heterocycles. The van der Waals surface area contributed by atoms with Crippen molar-refractivity contribution in [2.24, 2.45) is 5.92 Å². The molecule has 0 radical (unpaired) electrons. The van der Waals surface area contributed by atoms with E-state index in [0.29, 0.717) is 43.8 Å². The van der Waals surface area contributed by atoms with Gasteiger partial charge in [-0.15, -0.1) is 11.3 Å². The number of hydrogen-bond acceptors (Lipinski definition) is 14. The monoisotopic (exact) mass is 1030 g/mol. The zero-order valence-corrected chi connectivity index (χ0v) is 44.5. The summed E-state index contributed by atoms with van der Waals surface area (Å²) in [5.41, 5.74) is 9.61. The zero-order chi connectivity index (χ0) is 51.5. The average molecular weight is 1030 g/mol. The van der Waals surface area contributed by atoms with Crippen LogP contribution in [0.5, 0.6) is 17.6 Å². The number of fused-ring (bicyclic) bond motifs is 5. The summed E-state index contributed by atoms with van der Waals surface area (Å²) >= 11 is 1.62. The highest BCUT2D eigenvalue weighted by atomic mass is 32.1. The Kier molecular flexibility index (Phi) is 13.2. The number of rotatable bonds is 14. The third-order valence-corrected chi connectivity index (χ3v) is 18.1. The zero-order valence-electron chi connectivity index (χ0n) is 43.7. The summed E-state index contributed by atoms with van der Waals surface area (Å²) in [7, 11) is 0. The van der Waals surface area contributed by atoms with E-state index >= 15 is 0 Å². The van der Waals surface area contributed by atoms with E-state index in [-0.39, 0.29) is 47.0 Å². The Morgan fingerprint density at radius 1 is 0.920 bits per heavy atom. The number of amides is 2. The van der Waals surface area contributed by atoms with Crippen molar-refractivity contribution in [1.82, 2.24) is 40.2 Å².